The third-order valence-electron chi connectivity index (χ3n) is 2.09. The first-order valence-electron chi connectivity index (χ1n) is 5.35. The van der Waals surface area contributed by atoms with E-state index in [-0.39, 0.29) is 24.3 Å². The van der Waals surface area contributed by atoms with Crippen molar-refractivity contribution in [3.8, 4) is 0 Å². The molecule has 0 aromatic heterocycles. The number of hydrogen-bond acceptors (Lipinski definition) is 4. The molecule has 0 aliphatic heterocycles. The highest BCUT2D eigenvalue weighted by Crippen LogP contribution is 2.17. The van der Waals surface area contributed by atoms with E-state index >= 15 is 0 Å². The lowest BCUT2D eigenvalue weighted by Gasteiger charge is -2.17. The second-order valence-electron chi connectivity index (χ2n) is 3.61. The van der Waals surface area contributed by atoms with Crippen LogP contribution in [-0.2, 0) is 19.1 Å². The number of esters is 2. The minimum absolute atomic E-state index is 0.0773. The van der Waals surface area contributed by atoms with Gasteiger partial charge in [-0.1, -0.05) is 13.8 Å². The summed E-state index contributed by atoms with van der Waals surface area (Å²) in [6.45, 7) is 7.95. The lowest BCUT2D eigenvalue weighted by Crippen LogP contribution is -2.26. The maximum absolute atomic E-state index is 11.5. The molecule has 0 radical (unpaired) electrons. The molecule has 0 bridgehead atoms. The van der Waals surface area contributed by atoms with E-state index in [2.05, 4.69) is 0 Å². The van der Waals surface area contributed by atoms with E-state index in [0.717, 1.165) is 0 Å². The Morgan fingerprint density at radius 3 is 2.00 bits per heavy atom. The molecule has 0 saturated carbocycles. The first-order chi connectivity index (χ1) is 7.02. The highest BCUT2D eigenvalue weighted by Gasteiger charge is 2.26. The standard InChI is InChI=1S/C11H20O4/c1-5-14-10(12)7-9(8(3)4)11(13)15-6-2/h8-9H,5-7H2,1-4H3/t9-/m1/s1. The minimum Gasteiger partial charge on any atom is -0.466 e. The third kappa shape index (κ3) is 5.40. The molecule has 0 N–H and O–H groups in total. The summed E-state index contributed by atoms with van der Waals surface area (Å²) in [4.78, 5) is 22.7. The SMILES string of the molecule is CCOC(=O)C[C@@H](C(=O)OCC)C(C)C. The average Bonchev–Trinajstić information content (AvgIpc) is 2.14. The Morgan fingerprint density at radius 1 is 1.07 bits per heavy atom. The Hall–Kier alpha value is -1.06. The Morgan fingerprint density at radius 2 is 1.60 bits per heavy atom. The second-order valence-corrected chi connectivity index (χ2v) is 3.61. The molecular formula is C11H20O4. The second kappa shape index (κ2) is 7.26. The maximum Gasteiger partial charge on any atom is 0.309 e. The van der Waals surface area contributed by atoms with Gasteiger partial charge in [-0.15, -0.1) is 0 Å². The van der Waals surface area contributed by atoms with Crippen molar-refractivity contribution in [3.05, 3.63) is 0 Å². The van der Waals surface area contributed by atoms with Gasteiger partial charge in [0.15, 0.2) is 0 Å². The Bertz CT molecular complexity index is 211. The van der Waals surface area contributed by atoms with E-state index in [1.54, 1.807) is 13.8 Å². The topological polar surface area (TPSA) is 52.6 Å². The minimum atomic E-state index is -0.399. The van der Waals surface area contributed by atoms with E-state index in [4.69, 9.17) is 9.47 Å². The zero-order chi connectivity index (χ0) is 11.8. The molecule has 15 heavy (non-hydrogen) atoms. The Balaban J connectivity index is 4.27. The summed E-state index contributed by atoms with van der Waals surface area (Å²) in [6, 6.07) is 0. The van der Waals surface area contributed by atoms with Crippen molar-refractivity contribution in [1.82, 2.24) is 0 Å². The molecule has 1 atom stereocenters. The number of carbonyl (C=O) groups excluding carboxylic acids is 2. The lowest BCUT2D eigenvalue weighted by atomic mass is 9.93. The van der Waals surface area contributed by atoms with Gasteiger partial charge in [-0.05, 0) is 19.8 Å². The number of ether oxygens (including phenoxy) is 2. The predicted molar refractivity (Wildman–Crippen MR) is 56.2 cm³/mol. The summed E-state index contributed by atoms with van der Waals surface area (Å²) in [5.41, 5.74) is 0. The molecule has 0 amide bonds. The van der Waals surface area contributed by atoms with E-state index in [1.165, 1.54) is 0 Å². The van der Waals surface area contributed by atoms with E-state index in [9.17, 15) is 9.59 Å². The van der Waals surface area contributed by atoms with Gasteiger partial charge >= 0.3 is 11.9 Å². The summed E-state index contributed by atoms with van der Waals surface area (Å²) in [6.07, 6.45) is 0.102. The third-order valence-corrected chi connectivity index (χ3v) is 2.09. The van der Waals surface area contributed by atoms with Gasteiger partial charge in [0.1, 0.15) is 0 Å². The van der Waals surface area contributed by atoms with Crippen LogP contribution >= 0.6 is 0 Å². The van der Waals surface area contributed by atoms with Gasteiger partial charge in [0, 0.05) is 0 Å². The monoisotopic (exact) mass is 216 g/mol. The van der Waals surface area contributed by atoms with E-state index in [0.29, 0.717) is 13.2 Å². The molecule has 0 aliphatic rings. The molecule has 0 aromatic carbocycles. The summed E-state index contributed by atoms with van der Waals surface area (Å²) < 4.78 is 9.70. The van der Waals surface area contributed by atoms with Crippen molar-refractivity contribution in [1.29, 1.82) is 0 Å². The number of carbonyl (C=O) groups is 2. The molecule has 0 fully saturated rings. The molecular weight excluding hydrogens is 196 g/mol. The van der Waals surface area contributed by atoms with Crippen molar-refractivity contribution in [2.24, 2.45) is 11.8 Å². The molecule has 0 heterocycles. The van der Waals surface area contributed by atoms with Crippen LogP contribution in [0.15, 0.2) is 0 Å². The van der Waals surface area contributed by atoms with Crippen LogP contribution in [-0.4, -0.2) is 25.2 Å². The maximum atomic E-state index is 11.5. The molecule has 0 spiro atoms. The average molecular weight is 216 g/mol. The van der Waals surface area contributed by atoms with Crippen LogP contribution in [0.3, 0.4) is 0 Å². The van der Waals surface area contributed by atoms with E-state index < -0.39 is 5.92 Å². The number of hydrogen-bond donors (Lipinski definition) is 0. The van der Waals surface area contributed by atoms with Crippen LogP contribution in [0.1, 0.15) is 34.1 Å². The van der Waals surface area contributed by atoms with Crippen LogP contribution in [0, 0.1) is 11.8 Å². The smallest absolute Gasteiger partial charge is 0.309 e. The van der Waals surface area contributed by atoms with Gasteiger partial charge in [0.2, 0.25) is 0 Å². The fraction of sp³-hybridized carbons (Fsp3) is 0.818. The van der Waals surface area contributed by atoms with Gasteiger partial charge in [-0.2, -0.15) is 0 Å². The van der Waals surface area contributed by atoms with Crippen LogP contribution in [0.4, 0.5) is 0 Å². The van der Waals surface area contributed by atoms with Crippen molar-refractivity contribution in [2.45, 2.75) is 34.1 Å². The largest absolute Gasteiger partial charge is 0.466 e. The van der Waals surface area contributed by atoms with Crippen LogP contribution in [0.25, 0.3) is 0 Å². The van der Waals surface area contributed by atoms with Crippen molar-refractivity contribution >= 4 is 11.9 Å². The van der Waals surface area contributed by atoms with Gasteiger partial charge in [0.05, 0.1) is 25.6 Å². The van der Waals surface area contributed by atoms with Crippen molar-refractivity contribution in [3.63, 3.8) is 0 Å². The first-order valence-corrected chi connectivity index (χ1v) is 5.35. The molecule has 4 heteroatoms. The van der Waals surface area contributed by atoms with Crippen LogP contribution in [0.5, 0.6) is 0 Å². The Kier molecular flexibility index (Phi) is 6.75. The van der Waals surface area contributed by atoms with Gasteiger partial charge in [-0.3, -0.25) is 9.59 Å². The molecule has 0 rings (SSSR count). The highest BCUT2D eigenvalue weighted by atomic mass is 16.5. The van der Waals surface area contributed by atoms with Crippen LogP contribution < -0.4 is 0 Å². The quantitative estimate of drug-likeness (QED) is 0.635. The summed E-state index contributed by atoms with van der Waals surface area (Å²) in [5, 5.41) is 0. The highest BCUT2D eigenvalue weighted by molar-refractivity contribution is 5.80. The summed E-state index contributed by atoms with van der Waals surface area (Å²) >= 11 is 0. The predicted octanol–water partition coefficient (Wildman–Crippen LogP) is 1.77. The molecule has 0 aromatic rings. The molecule has 0 unspecified atom stereocenters. The van der Waals surface area contributed by atoms with Gasteiger partial charge in [-0.25, -0.2) is 0 Å². The van der Waals surface area contributed by atoms with Crippen molar-refractivity contribution < 1.29 is 19.1 Å². The zero-order valence-electron chi connectivity index (χ0n) is 9.91. The fourth-order valence-corrected chi connectivity index (χ4v) is 1.24. The summed E-state index contributed by atoms with van der Waals surface area (Å²) in [7, 11) is 0. The Labute approximate surface area is 90.9 Å². The first kappa shape index (κ1) is 13.9. The molecule has 88 valence electrons. The summed E-state index contributed by atoms with van der Waals surface area (Å²) in [5.74, 6) is -0.984. The fourth-order valence-electron chi connectivity index (χ4n) is 1.24. The van der Waals surface area contributed by atoms with Crippen LogP contribution in [0.2, 0.25) is 0 Å². The van der Waals surface area contributed by atoms with Crippen molar-refractivity contribution in [2.75, 3.05) is 13.2 Å². The lowest BCUT2D eigenvalue weighted by molar-refractivity contribution is -0.156. The molecule has 0 saturated heterocycles. The van der Waals surface area contributed by atoms with E-state index in [1.807, 2.05) is 13.8 Å². The normalized spacial score (nSPS) is 12.3. The van der Waals surface area contributed by atoms with Gasteiger partial charge in [0.25, 0.3) is 0 Å². The molecule has 4 nitrogen and oxygen atoms in total. The molecule has 0 aliphatic carbocycles. The number of rotatable bonds is 6. The zero-order valence-corrected chi connectivity index (χ0v) is 9.91. The van der Waals surface area contributed by atoms with Gasteiger partial charge < -0.3 is 9.47 Å².